The van der Waals surface area contributed by atoms with Crippen LogP contribution in [0.5, 0.6) is 0 Å². The number of carbonyl (C=O) groups excluding carboxylic acids is 4. The number of carbonyl (C=O) groups is 4. The van der Waals surface area contributed by atoms with Crippen molar-refractivity contribution in [2.75, 3.05) is 39.6 Å². The highest BCUT2D eigenvalue weighted by molar-refractivity contribution is 7.47. The summed E-state index contributed by atoms with van der Waals surface area (Å²) in [5.41, 5.74) is 0. The Morgan fingerprint density at radius 1 is 0.273 bits per heavy atom. The van der Waals surface area contributed by atoms with E-state index in [0.29, 0.717) is 25.7 Å². The summed E-state index contributed by atoms with van der Waals surface area (Å²) in [6, 6.07) is 0. The molecule has 0 saturated carbocycles. The van der Waals surface area contributed by atoms with Crippen molar-refractivity contribution in [3.05, 3.63) is 0 Å². The van der Waals surface area contributed by atoms with Crippen LogP contribution in [0.1, 0.15) is 426 Å². The number of phosphoric acid groups is 2. The van der Waals surface area contributed by atoms with Crippen molar-refractivity contribution >= 4 is 39.5 Å². The van der Waals surface area contributed by atoms with Crippen LogP contribution in [0.4, 0.5) is 0 Å². The topological polar surface area (TPSA) is 237 Å². The molecule has 2 unspecified atom stereocenters. The molecule has 99 heavy (non-hydrogen) atoms. The van der Waals surface area contributed by atoms with Gasteiger partial charge in [0.15, 0.2) is 12.2 Å². The van der Waals surface area contributed by atoms with Gasteiger partial charge in [-0.3, -0.25) is 37.3 Å². The normalized spacial score (nSPS) is 13.9. The molecule has 0 heterocycles. The predicted molar refractivity (Wildman–Crippen MR) is 405 cm³/mol. The predicted octanol–water partition coefficient (Wildman–Crippen LogP) is 24.0. The van der Waals surface area contributed by atoms with E-state index < -0.39 is 97.5 Å². The summed E-state index contributed by atoms with van der Waals surface area (Å²) in [5, 5.41) is 10.6. The molecule has 0 aliphatic heterocycles. The molecule has 0 saturated heterocycles. The maximum absolute atomic E-state index is 13.1. The highest BCUT2D eigenvalue weighted by Gasteiger charge is 2.30. The maximum Gasteiger partial charge on any atom is 0.472 e. The van der Waals surface area contributed by atoms with E-state index in [0.717, 1.165) is 109 Å². The number of aliphatic hydroxyl groups excluding tert-OH is 1. The lowest BCUT2D eigenvalue weighted by atomic mass is 10.0. The van der Waals surface area contributed by atoms with Crippen LogP contribution in [-0.4, -0.2) is 96.7 Å². The summed E-state index contributed by atoms with van der Waals surface area (Å²) in [7, 11) is -9.91. The number of phosphoric ester groups is 2. The van der Waals surface area contributed by atoms with Gasteiger partial charge in [0.1, 0.15) is 19.3 Å². The van der Waals surface area contributed by atoms with Gasteiger partial charge in [-0.1, -0.05) is 375 Å². The monoisotopic (exact) mass is 1450 g/mol. The summed E-state index contributed by atoms with van der Waals surface area (Å²) < 4.78 is 68.5. The van der Waals surface area contributed by atoms with E-state index >= 15 is 0 Å². The van der Waals surface area contributed by atoms with E-state index in [-0.39, 0.29) is 25.7 Å². The van der Waals surface area contributed by atoms with E-state index in [9.17, 15) is 43.2 Å². The number of ether oxygens (including phenoxy) is 4. The van der Waals surface area contributed by atoms with Crippen LogP contribution in [0, 0.1) is 5.92 Å². The highest BCUT2D eigenvalue weighted by Crippen LogP contribution is 2.45. The lowest BCUT2D eigenvalue weighted by molar-refractivity contribution is -0.161. The third kappa shape index (κ3) is 74.1. The van der Waals surface area contributed by atoms with Gasteiger partial charge in [-0.25, -0.2) is 9.13 Å². The van der Waals surface area contributed by atoms with Gasteiger partial charge >= 0.3 is 39.5 Å². The standard InChI is InChI=1S/C80H156O17P2/c1-6-9-12-15-18-20-22-24-26-28-30-32-34-36-38-40-44-49-54-59-64-78(83)91-70-76(97-79(84)65-60-55-50-45-41-39-37-35-33-31-29-27-25-23-21-19-16-13-10-7-2)72-95-99(88,89)93-68-74(81)67-92-98(86,87)94-71-75(69-90-77(82)63-58-53-47-17-14-11-8-3)96-80(85)66-61-56-51-46-42-43-48-52-57-62-73(4)5/h73-76,81H,6-72H2,1-5H3,(H,86,87)(H,88,89)/t74-,75+,76+/m0/s1. The van der Waals surface area contributed by atoms with Gasteiger partial charge in [-0.05, 0) is 31.6 Å². The van der Waals surface area contributed by atoms with Gasteiger partial charge in [0.2, 0.25) is 0 Å². The zero-order chi connectivity index (χ0) is 72.7. The minimum atomic E-state index is -4.96. The van der Waals surface area contributed by atoms with Crippen LogP contribution in [-0.2, 0) is 65.4 Å². The van der Waals surface area contributed by atoms with Crippen molar-refractivity contribution in [2.45, 2.75) is 445 Å². The molecule has 0 aromatic heterocycles. The fourth-order valence-corrected chi connectivity index (χ4v) is 14.0. The number of hydrogen-bond donors (Lipinski definition) is 3. The molecule has 3 N–H and O–H groups in total. The molecule has 0 aromatic carbocycles. The van der Waals surface area contributed by atoms with E-state index in [1.807, 2.05) is 0 Å². The molecule has 0 aliphatic rings. The molecule has 0 fully saturated rings. The fourth-order valence-electron chi connectivity index (χ4n) is 12.4. The SMILES string of the molecule is CCCCCCCCCCCCCCCCCCCCCCC(=O)OC[C@H](COP(=O)(O)OC[C@@H](O)COP(=O)(O)OC[C@@H](COC(=O)CCCCCCCCC)OC(=O)CCCCCCCCCCCC(C)C)OC(=O)CCCCCCCCCCCCCCCCCCCCCC. The second-order valence-corrected chi connectivity index (χ2v) is 32.2. The quantitative estimate of drug-likeness (QED) is 0.0222. The molecule has 0 bridgehead atoms. The minimum Gasteiger partial charge on any atom is -0.462 e. The Kier molecular flexibility index (Phi) is 71.6. The number of unbranched alkanes of at least 4 members (excludes halogenated alkanes) is 52. The number of esters is 4. The number of hydrogen-bond acceptors (Lipinski definition) is 15. The Labute approximate surface area is 607 Å². The van der Waals surface area contributed by atoms with Gasteiger partial charge in [0.25, 0.3) is 0 Å². The molecule has 0 amide bonds. The Morgan fingerprint density at radius 2 is 0.465 bits per heavy atom. The molecular formula is C80H156O17P2. The van der Waals surface area contributed by atoms with Crippen LogP contribution < -0.4 is 0 Å². The second kappa shape index (κ2) is 73.0. The summed E-state index contributed by atoms with van der Waals surface area (Å²) in [4.78, 5) is 72.8. The Balaban J connectivity index is 5.16. The third-order valence-corrected chi connectivity index (χ3v) is 20.7. The first-order valence-corrected chi connectivity index (χ1v) is 44.6. The van der Waals surface area contributed by atoms with E-state index in [1.54, 1.807) is 0 Å². The molecule has 588 valence electrons. The number of rotatable bonds is 80. The molecule has 0 aliphatic carbocycles. The Morgan fingerprint density at radius 3 is 0.687 bits per heavy atom. The van der Waals surface area contributed by atoms with Crippen molar-refractivity contribution in [3.63, 3.8) is 0 Å². The molecule has 0 aromatic rings. The molecule has 5 atom stereocenters. The van der Waals surface area contributed by atoms with Crippen LogP contribution in [0.25, 0.3) is 0 Å². The maximum atomic E-state index is 13.1. The summed E-state index contributed by atoms with van der Waals surface area (Å²) in [6.07, 6.45) is 64.2. The first-order valence-electron chi connectivity index (χ1n) is 41.6. The summed E-state index contributed by atoms with van der Waals surface area (Å²) in [5.74, 6) is -1.38. The van der Waals surface area contributed by atoms with Gasteiger partial charge in [0.05, 0.1) is 26.4 Å². The summed E-state index contributed by atoms with van der Waals surface area (Å²) in [6.45, 7) is 7.25. The van der Waals surface area contributed by atoms with E-state index in [1.165, 1.54) is 238 Å². The fraction of sp³-hybridized carbons (Fsp3) is 0.950. The third-order valence-electron chi connectivity index (χ3n) is 18.8. The lowest BCUT2D eigenvalue weighted by Gasteiger charge is -2.21. The van der Waals surface area contributed by atoms with Crippen molar-refractivity contribution in [1.29, 1.82) is 0 Å². The molecule has 0 spiro atoms. The molecule has 0 radical (unpaired) electrons. The van der Waals surface area contributed by atoms with Gasteiger partial charge in [-0.15, -0.1) is 0 Å². The van der Waals surface area contributed by atoms with Crippen LogP contribution in [0.3, 0.4) is 0 Å². The molecule has 0 rings (SSSR count). The van der Waals surface area contributed by atoms with Gasteiger partial charge in [-0.2, -0.15) is 0 Å². The van der Waals surface area contributed by atoms with Gasteiger partial charge in [0, 0.05) is 25.7 Å². The Hall–Kier alpha value is -1.94. The average molecular weight is 1450 g/mol. The zero-order valence-electron chi connectivity index (χ0n) is 64.6. The van der Waals surface area contributed by atoms with Crippen molar-refractivity contribution < 1.29 is 80.2 Å². The summed E-state index contributed by atoms with van der Waals surface area (Å²) >= 11 is 0. The van der Waals surface area contributed by atoms with Crippen molar-refractivity contribution in [3.8, 4) is 0 Å². The van der Waals surface area contributed by atoms with Crippen molar-refractivity contribution in [2.24, 2.45) is 5.92 Å². The zero-order valence-corrected chi connectivity index (χ0v) is 66.4. The number of aliphatic hydroxyl groups is 1. The van der Waals surface area contributed by atoms with E-state index in [4.69, 9.17) is 37.0 Å². The first-order chi connectivity index (χ1) is 48.0. The van der Waals surface area contributed by atoms with E-state index in [2.05, 4.69) is 34.6 Å². The second-order valence-electron chi connectivity index (χ2n) is 29.3. The average Bonchev–Trinajstić information content (AvgIpc) is 0.994. The highest BCUT2D eigenvalue weighted by atomic mass is 31.2. The Bertz CT molecular complexity index is 1890. The van der Waals surface area contributed by atoms with Crippen LogP contribution >= 0.6 is 15.6 Å². The largest absolute Gasteiger partial charge is 0.472 e. The minimum absolute atomic E-state index is 0.105. The lowest BCUT2D eigenvalue weighted by Crippen LogP contribution is -2.30. The smallest absolute Gasteiger partial charge is 0.462 e. The van der Waals surface area contributed by atoms with Gasteiger partial charge < -0.3 is 33.8 Å². The molecular weight excluding hydrogens is 1290 g/mol. The van der Waals surface area contributed by atoms with Crippen LogP contribution in [0.15, 0.2) is 0 Å². The van der Waals surface area contributed by atoms with Crippen molar-refractivity contribution in [1.82, 2.24) is 0 Å². The molecule has 17 nitrogen and oxygen atoms in total. The molecule has 19 heteroatoms. The van der Waals surface area contributed by atoms with Crippen LogP contribution in [0.2, 0.25) is 0 Å². The first kappa shape index (κ1) is 97.1.